The van der Waals surface area contributed by atoms with E-state index in [0.29, 0.717) is 5.92 Å². The highest BCUT2D eigenvalue weighted by atomic mass is 16.5. The molecule has 3 nitrogen and oxygen atoms in total. The Morgan fingerprint density at radius 3 is 2.37 bits per heavy atom. The SMILES string of the molecule is CCC(CN)CNCCc1cc(C)c(OC)c(C)c1. The van der Waals surface area contributed by atoms with Crippen molar-refractivity contribution >= 4 is 0 Å². The highest BCUT2D eigenvalue weighted by Crippen LogP contribution is 2.24. The monoisotopic (exact) mass is 264 g/mol. The summed E-state index contributed by atoms with van der Waals surface area (Å²) in [5.41, 5.74) is 9.49. The van der Waals surface area contributed by atoms with Crippen molar-refractivity contribution in [3.05, 3.63) is 28.8 Å². The molecule has 3 N–H and O–H groups in total. The number of aryl methyl sites for hydroxylation is 2. The van der Waals surface area contributed by atoms with Gasteiger partial charge in [0.25, 0.3) is 0 Å². The number of methoxy groups -OCH3 is 1. The molecule has 0 amide bonds. The van der Waals surface area contributed by atoms with Gasteiger partial charge in [-0.3, -0.25) is 0 Å². The quantitative estimate of drug-likeness (QED) is 0.709. The lowest BCUT2D eigenvalue weighted by molar-refractivity contribution is 0.408. The Labute approximate surface area is 117 Å². The fraction of sp³-hybridized carbons (Fsp3) is 0.625. The molecule has 0 saturated heterocycles. The van der Waals surface area contributed by atoms with Crippen LogP contribution in [0.3, 0.4) is 0 Å². The average molecular weight is 264 g/mol. The number of rotatable bonds is 8. The van der Waals surface area contributed by atoms with Gasteiger partial charge in [-0.25, -0.2) is 0 Å². The molecule has 0 saturated carbocycles. The van der Waals surface area contributed by atoms with Crippen LogP contribution in [0.5, 0.6) is 5.75 Å². The molecule has 0 spiro atoms. The summed E-state index contributed by atoms with van der Waals surface area (Å²) in [6.07, 6.45) is 2.19. The minimum Gasteiger partial charge on any atom is -0.496 e. The standard InChI is InChI=1S/C16H28N2O/c1-5-14(10-17)11-18-7-6-15-8-12(2)16(19-4)13(3)9-15/h8-9,14,18H,5-7,10-11,17H2,1-4H3. The predicted octanol–water partition coefficient (Wildman–Crippen LogP) is 2.43. The van der Waals surface area contributed by atoms with Gasteiger partial charge in [0.15, 0.2) is 0 Å². The Balaban J connectivity index is 2.46. The van der Waals surface area contributed by atoms with Crippen LogP contribution in [-0.2, 0) is 6.42 Å². The highest BCUT2D eigenvalue weighted by Gasteiger charge is 2.06. The van der Waals surface area contributed by atoms with Crippen molar-refractivity contribution in [1.82, 2.24) is 5.32 Å². The van der Waals surface area contributed by atoms with E-state index in [1.807, 2.05) is 0 Å². The van der Waals surface area contributed by atoms with Crippen LogP contribution in [-0.4, -0.2) is 26.7 Å². The largest absolute Gasteiger partial charge is 0.496 e. The van der Waals surface area contributed by atoms with Gasteiger partial charge in [0, 0.05) is 0 Å². The summed E-state index contributed by atoms with van der Waals surface area (Å²) in [5.74, 6) is 1.60. The number of nitrogens with one attached hydrogen (secondary N) is 1. The van der Waals surface area contributed by atoms with E-state index in [9.17, 15) is 0 Å². The molecule has 0 aliphatic carbocycles. The van der Waals surface area contributed by atoms with Crippen LogP contribution >= 0.6 is 0 Å². The first-order chi connectivity index (χ1) is 9.12. The summed E-state index contributed by atoms with van der Waals surface area (Å²) in [7, 11) is 1.73. The normalized spacial score (nSPS) is 12.5. The van der Waals surface area contributed by atoms with Gasteiger partial charge in [0.1, 0.15) is 5.75 Å². The van der Waals surface area contributed by atoms with E-state index >= 15 is 0 Å². The van der Waals surface area contributed by atoms with Crippen LogP contribution in [0.1, 0.15) is 30.0 Å². The zero-order valence-electron chi connectivity index (χ0n) is 12.8. The van der Waals surface area contributed by atoms with Crippen LogP contribution < -0.4 is 15.8 Å². The minimum absolute atomic E-state index is 0.597. The zero-order valence-corrected chi connectivity index (χ0v) is 12.8. The lowest BCUT2D eigenvalue weighted by Gasteiger charge is -2.14. The first-order valence-electron chi connectivity index (χ1n) is 7.17. The summed E-state index contributed by atoms with van der Waals surface area (Å²) < 4.78 is 5.39. The molecule has 1 aromatic rings. The summed E-state index contributed by atoms with van der Waals surface area (Å²) >= 11 is 0. The van der Waals surface area contributed by atoms with Crippen molar-refractivity contribution in [3.63, 3.8) is 0 Å². The van der Waals surface area contributed by atoms with Crippen molar-refractivity contribution < 1.29 is 4.74 Å². The maximum absolute atomic E-state index is 5.69. The molecule has 1 atom stereocenters. The number of hydrogen-bond acceptors (Lipinski definition) is 3. The Morgan fingerprint density at radius 1 is 1.26 bits per heavy atom. The van der Waals surface area contributed by atoms with Crippen molar-refractivity contribution in [2.45, 2.75) is 33.6 Å². The topological polar surface area (TPSA) is 47.3 Å². The smallest absolute Gasteiger partial charge is 0.124 e. The molecule has 108 valence electrons. The average Bonchev–Trinajstić information content (AvgIpc) is 2.38. The van der Waals surface area contributed by atoms with Crippen LogP contribution in [0.25, 0.3) is 0 Å². The Morgan fingerprint density at radius 2 is 1.89 bits per heavy atom. The number of hydrogen-bond donors (Lipinski definition) is 2. The zero-order chi connectivity index (χ0) is 14.3. The van der Waals surface area contributed by atoms with Gasteiger partial charge >= 0.3 is 0 Å². The molecule has 0 fully saturated rings. The predicted molar refractivity (Wildman–Crippen MR) is 81.9 cm³/mol. The van der Waals surface area contributed by atoms with Gasteiger partial charge in [-0.05, 0) is 62.5 Å². The summed E-state index contributed by atoms with van der Waals surface area (Å²) in [6.45, 7) is 9.18. The molecule has 0 aliphatic rings. The fourth-order valence-corrected chi connectivity index (χ4v) is 2.44. The molecule has 1 rings (SSSR count). The van der Waals surface area contributed by atoms with E-state index in [0.717, 1.165) is 38.2 Å². The molecular weight excluding hydrogens is 236 g/mol. The van der Waals surface area contributed by atoms with Gasteiger partial charge in [0.2, 0.25) is 0 Å². The van der Waals surface area contributed by atoms with E-state index in [2.05, 4.69) is 38.2 Å². The summed E-state index contributed by atoms with van der Waals surface area (Å²) in [4.78, 5) is 0. The number of nitrogens with two attached hydrogens (primary N) is 1. The van der Waals surface area contributed by atoms with Gasteiger partial charge < -0.3 is 15.8 Å². The summed E-state index contributed by atoms with van der Waals surface area (Å²) in [5, 5.41) is 3.49. The molecule has 0 aliphatic heterocycles. The first kappa shape index (κ1) is 16.0. The van der Waals surface area contributed by atoms with E-state index in [1.165, 1.54) is 16.7 Å². The molecule has 19 heavy (non-hydrogen) atoms. The lowest BCUT2D eigenvalue weighted by atomic mass is 10.0. The maximum Gasteiger partial charge on any atom is 0.124 e. The second-order valence-electron chi connectivity index (χ2n) is 5.23. The Bertz CT molecular complexity index is 363. The molecule has 0 aromatic heterocycles. The van der Waals surface area contributed by atoms with Gasteiger partial charge in [-0.15, -0.1) is 0 Å². The molecule has 0 radical (unpaired) electrons. The second kappa shape index (κ2) is 8.18. The lowest BCUT2D eigenvalue weighted by Crippen LogP contribution is -2.29. The third-order valence-electron chi connectivity index (χ3n) is 3.66. The molecular formula is C16H28N2O. The van der Waals surface area contributed by atoms with E-state index < -0.39 is 0 Å². The molecule has 3 heteroatoms. The van der Waals surface area contributed by atoms with Crippen molar-refractivity contribution in [1.29, 1.82) is 0 Å². The van der Waals surface area contributed by atoms with Crippen LogP contribution in [0.4, 0.5) is 0 Å². The summed E-state index contributed by atoms with van der Waals surface area (Å²) in [6, 6.07) is 4.43. The third-order valence-corrected chi connectivity index (χ3v) is 3.66. The second-order valence-corrected chi connectivity index (χ2v) is 5.23. The van der Waals surface area contributed by atoms with Gasteiger partial charge in [0.05, 0.1) is 7.11 Å². The van der Waals surface area contributed by atoms with Crippen LogP contribution in [0.15, 0.2) is 12.1 Å². The third kappa shape index (κ3) is 4.84. The van der Waals surface area contributed by atoms with E-state index in [1.54, 1.807) is 7.11 Å². The fourth-order valence-electron chi connectivity index (χ4n) is 2.44. The van der Waals surface area contributed by atoms with Gasteiger partial charge in [-0.1, -0.05) is 25.5 Å². The molecule has 0 bridgehead atoms. The van der Waals surface area contributed by atoms with Crippen LogP contribution in [0, 0.1) is 19.8 Å². The Kier molecular flexibility index (Phi) is 6.89. The van der Waals surface area contributed by atoms with Crippen molar-refractivity contribution in [3.8, 4) is 5.75 Å². The van der Waals surface area contributed by atoms with Crippen molar-refractivity contribution in [2.75, 3.05) is 26.7 Å². The number of ether oxygens (including phenoxy) is 1. The minimum atomic E-state index is 0.597. The first-order valence-corrected chi connectivity index (χ1v) is 7.17. The molecule has 0 heterocycles. The van der Waals surface area contributed by atoms with E-state index in [4.69, 9.17) is 10.5 Å². The molecule has 1 unspecified atom stereocenters. The van der Waals surface area contributed by atoms with Crippen molar-refractivity contribution in [2.24, 2.45) is 11.7 Å². The highest BCUT2D eigenvalue weighted by molar-refractivity contribution is 5.43. The number of benzene rings is 1. The maximum atomic E-state index is 5.69. The van der Waals surface area contributed by atoms with Gasteiger partial charge in [-0.2, -0.15) is 0 Å². The molecule has 1 aromatic carbocycles. The van der Waals surface area contributed by atoms with Crippen LogP contribution in [0.2, 0.25) is 0 Å². The Hall–Kier alpha value is -1.06. The van der Waals surface area contributed by atoms with E-state index in [-0.39, 0.29) is 0 Å².